The molecule has 5 nitrogen and oxygen atoms in total. The lowest BCUT2D eigenvalue weighted by Gasteiger charge is -2.08. The molecule has 0 fully saturated rings. The summed E-state index contributed by atoms with van der Waals surface area (Å²) < 4.78 is 23.8. The first-order chi connectivity index (χ1) is 9.97. The zero-order chi connectivity index (χ0) is 15.0. The number of sulfone groups is 1. The number of aromatic amines is 1. The fourth-order valence-corrected chi connectivity index (χ4v) is 3.46. The summed E-state index contributed by atoms with van der Waals surface area (Å²) in [5.74, 6) is 0. The van der Waals surface area contributed by atoms with E-state index in [2.05, 4.69) is 15.2 Å². The minimum absolute atomic E-state index is 0.352. The lowest BCUT2D eigenvalue weighted by atomic mass is 10.1. The van der Waals surface area contributed by atoms with Crippen molar-refractivity contribution < 1.29 is 8.42 Å². The van der Waals surface area contributed by atoms with Crippen LogP contribution in [0.1, 0.15) is 17.0 Å². The molecule has 0 saturated carbocycles. The smallest absolute Gasteiger partial charge is 0.175 e. The number of H-pyrrole nitrogens is 1. The van der Waals surface area contributed by atoms with E-state index in [1.165, 1.54) is 6.26 Å². The number of pyridine rings is 1. The molecule has 2 heterocycles. The van der Waals surface area contributed by atoms with E-state index < -0.39 is 9.84 Å². The Labute approximate surface area is 123 Å². The maximum absolute atomic E-state index is 11.9. The van der Waals surface area contributed by atoms with Crippen LogP contribution < -0.4 is 0 Å². The average Bonchev–Trinajstić information content (AvgIpc) is 2.81. The third-order valence-corrected chi connectivity index (χ3v) is 4.65. The van der Waals surface area contributed by atoms with Crippen LogP contribution >= 0.6 is 0 Å². The summed E-state index contributed by atoms with van der Waals surface area (Å²) >= 11 is 0. The van der Waals surface area contributed by atoms with Gasteiger partial charge in [-0.25, -0.2) is 8.42 Å². The van der Waals surface area contributed by atoms with Crippen LogP contribution in [-0.4, -0.2) is 29.9 Å². The van der Waals surface area contributed by atoms with Crippen molar-refractivity contribution in [2.75, 3.05) is 6.26 Å². The number of aromatic nitrogens is 3. The molecular weight excluding hydrogens is 286 g/mol. The summed E-state index contributed by atoms with van der Waals surface area (Å²) in [4.78, 5) is 4.76. The molecule has 108 valence electrons. The van der Waals surface area contributed by atoms with Crippen molar-refractivity contribution >= 4 is 20.7 Å². The van der Waals surface area contributed by atoms with Gasteiger partial charge in [0.15, 0.2) is 9.84 Å². The number of aryl methyl sites for hydroxylation is 1. The molecule has 0 aliphatic heterocycles. The lowest BCUT2D eigenvalue weighted by molar-refractivity contribution is 0.601. The number of hydrogen-bond donors (Lipinski definition) is 1. The van der Waals surface area contributed by atoms with Gasteiger partial charge in [0.2, 0.25) is 0 Å². The molecule has 6 heteroatoms. The maximum atomic E-state index is 11.9. The molecule has 0 unspecified atom stereocenters. The Kier molecular flexibility index (Phi) is 3.25. The Balaban J connectivity index is 2.14. The second-order valence-electron chi connectivity index (χ2n) is 5.06. The van der Waals surface area contributed by atoms with Crippen LogP contribution in [0.15, 0.2) is 41.4 Å². The third kappa shape index (κ3) is 2.54. The largest absolute Gasteiger partial charge is 0.282 e. The van der Waals surface area contributed by atoms with E-state index in [0.29, 0.717) is 11.3 Å². The highest BCUT2D eigenvalue weighted by molar-refractivity contribution is 7.90. The molecule has 21 heavy (non-hydrogen) atoms. The molecule has 3 aromatic rings. The monoisotopic (exact) mass is 301 g/mol. The summed E-state index contributed by atoms with van der Waals surface area (Å²) in [6.45, 7) is 1.93. The topological polar surface area (TPSA) is 75.7 Å². The van der Waals surface area contributed by atoms with Crippen molar-refractivity contribution in [2.24, 2.45) is 0 Å². The molecule has 0 atom stereocenters. The van der Waals surface area contributed by atoms with Crippen LogP contribution in [0, 0.1) is 6.92 Å². The van der Waals surface area contributed by atoms with Crippen molar-refractivity contribution in [1.29, 1.82) is 0 Å². The van der Waals surface area contributed by atoms with Gasteiger partial charge in [-0.3, -0.25) is 10.1 Å². The SMILES string of the molecule is Cc1[nH]nc2ccnc(Cc3ccccc3S(C)(=O)=O)c12. The molecule has 0 radical (unpaired) electrons. The van der Waals surface area contributed by atoms with E-state index in [1.807, 2.05) is 25.1 Å². The van der Waals surface area contributed by atoms with Gasteiger partial charge in [-0.05, 0) is 24.6 Å². The van der Waals surface area contributed by atoms with Crippen LogP contribution in [0.25, 0.3) is 10.9 Å². The summed E-state index contributed by atoms with van der Waals surface area (Å²) in [5.41, 5.74) is 3.36. The fourth-order valence-electron chi connectivity index (χ4n) is 2.52. The Bertz CT molecular complexity index is 914. The third-order valence-electron chi connectivity index (χ3n) is 3.46. The van der Waals surface area contributed by atoms with Crippen molar-refractivity contribution in [3.8, 4) is 0 Å². The summed E-state index contributed by atoms with van der Waals surface area (Å²) in [6.07, 6.45) is 3.38. The summed E-state index contributed by atoms with van der Waals surface area (Å²) in [6, 6.07) is 8.87. The number of nitrogens with one attached hydrogen (secondary N) is 1. The van der Waals surface area contributed by atoms with Crippen LogP contribution in [0.2, 0.25) is 0 Å². The summed E-state index contributed by atoms with van der Waals surface area (Å²) in [7, 11) is -3.25. The normalized spacial score (nSPS) is 11.9. The van der Waals surface area contributed by atoms with E-state index in [-0.39, 0.29) is 0 Å². The Morgan fingerprint density at radius 2 is 1.95 bits per heavy atom. The number of benzene rings is 1. The molecule has 0 aliphatic carbocycles. The van der Waals surface area contributed by atoms with Crippen LogP contribution in [-0.2, 0) is 16.3 Å². The number of hydrogen-bond acceptors (Lipinski definition) is 4. The first-order valence-corrected chi connectivity index (χ1v) is 8.42. The standard InChI is InChI=1S/C15H15N3O2S/c1-10-15-12(18-17-10)7-8-16-13(15)9-11-5-3-4-6-14(11)21(2,19)20/h3-8H,9H2,1-2H3,(H,17,18). The predicted octanol–water partition coefficient (Wildman–Crippen LogP) is 2.26. The zero-order valence-corrected chi connectivity index (χ0v) is 12.6. The Morgan fingerprint density at radius 3 is 2.71 bits per heavy atom. The van der Waals surface area contributed by atoms with Gasteiger partial charge in [-0.15, -0.1) is 0 Å². The Morgan fingerprint density at radius 1 is 1.19 bits per heavy atom. The van der Waals surface area contributed by atoms with Crippen LogP contribution in [0.5, 0.6) is 0 Å². The van der Waals surface area contributed by atoms with Crippen molar-refractivity contribution in [1.82, 2.24) is 15.2 Å². The van der Waals surface area contributed by atoms with Gasteiger partial charge in [0, 0.05) is 30.0 Å². The van der Waals surface area contributed by atoms with Gasteiger partial charge in [0.05, 0.1) is 16.1 Å². The first kappa shape index (κ1) is 13.8. The van der Waals surface area contributed by atoms with Gasteiger partial charge in [0.25, 0.3) is 0 Å². The molecule has 0 bridgehead atoms. The van der Waals surface area contributed by atoms with E-state index in [9.17, 15) is 8.42 Å². The summed E-state index contributed by atoms with van der Waals surface area (Å²) in [5, 5.41) is 8.11. The highest BCUT2D eigenvalue weighted by Gasteiger charge is 2.15. The van der Waals surface area contributed by atoms with E-state index in [4.69, 9.17) is 0 Å². The average molecular weight is 301 g/mol. The molecule has 1 aromatic carbocycles. The Hall–Kier alpha value is -2.21. The minimum Gasteiger partial charge on any atom is -0.282 e. The second kappa shape index (κ2) is 4.96. The number of fused-ring (bicyclic) bond motifs is 1. The van der Waals surface area contributed by atoms with Crippen molar-refractivity contribution in [3.05, 3.63) is 53.5 Å². The van der Waals surface area contributed by atoms with E-state index in [0.717, 1.165) is 27.9 Å². The van der Waals surface area contributed by atoms with Gasteiger partial charge in [-0.2, -0.15) is 5.10 Å². The fraction of sp³-hybridized carbons (Fsp3) is 0.200. The highest BCUT2D eigenvalue weighted by atomic mass is 32.2. The van der Waals surface area contributed by atoms with Crippen LogP contribution in [0.3, 0.4) is 0 Å². The van der Waals surface area contributed by atoms with Gasteiger partial charge in [-0.1, -0.05) is 18.2 Å². The molecule has 0 saturated heterocycles. The second-order valence-corrected chi connectivity index (χ2v) is 7.04. The number of nitrogens with zero attached hydrogens (tertiary/aromatic N) is 2. The van der Waals surface area contributed by atoms with Crippen molar-refractivity contribution in [2.45, 2.75) is 18.2 Å². The van der Waals surface area contributed by atoms with E-state index in [1.54, 1.807) is 18.3 Å². The molecule has 2 aromatic heterocycles. The van der Waals surface area contributed by atoms with Gasteiger partial charge in [0.1, 0.15) is 0 Å². The highest BCUT2D eigenvalue weighted by Crippen LogP contribution is 2.23. The molecule has 0 amide bonds. The molecule has 1 N–H and O–H groups in total. The van der Waals surface area contributed by atoms with Crippen LogP contribution in [0.4, 0.5) is 0 Å². The maximum Gasteiger partial charge on any atom is 0.175 e. The van der Waals surface area contributed by atoms with E-state index >= 15 is 0 Å². The molecule has 0 aliphatic rings. The quantitative estimate of drug-likeness (QED) is 0.805. The van der Waals surface area contributed by atoms with Crippen molar-refractivity contribution in [3.63, 3.8) is 0 Å². The zero-order valence-electron chi connectivity index (χ0n) is 11.8. The van der Waals surface area contributed by atoms with Gasteiger partial charge < -0.3 is 0 Å². The molecule has 0 spiro atoms. The molecular formula is C15H15N3O2S. The van der Waals surface area contributed by atoms with Gasteiger partial charge >= 0.3 is 0 Å². The first-order valence-electron chi connectivity index (χ1n) is 6.53. The predicted molar refractivity (Wildman–Crippen MR) is 81.0 cm³/mol. The molecule has 3 rings (SSSR count). The lowest BCUT2D eigenvalue weighted by Crippen LogP contribution is -2.04. The minimum atomic E-state index is -3.25. The number of rotatable bonds is 3.